The third kappa shape index (κ3) is 2.98. The van der Waals surface area contributed by atoms with Crippen molar-refractivity contribution in [1.82, 2.24) is 14.8 Å². The molecule has 0 bridgehead atoms. The number of ether oxygens (including phenoxy) is 1. The summed E-state index contributed by atoms with van der Waals surface area (Å²) in [4.78, 5) is 15.8. The van der Waals surface area contributed by atoms with Crippen LogP contribution in [-0.4, -0.2) is 20.7 Å². The molecule has 0 saturated carbocycles. The molecule has 0 fully saturated rings. The van der Waals surface area contributed by atoms with Gasteiger partial charge in [-0.25, -0.2) is 9.78 Å². The monoisotopic (exact) mass is 338 g/mol. The van der Waals surface area contributed by atoms with E-state index in [0.717, 1.165) is 15.9 Å². The highest BCUT2D eigenvalue weighted by Gasteiger charge is 2.15. The fourth-order valence-electron chi connectivity index (χ4n) is 1.74. The van der Waals surface area contributed by atoms with Crippen LogP contribution in [0.3, 0.4) is 0 Å². The molecule has 0 amide bonds. The number of pyridine rings is 1. The van der Waals surface area contributed by atoms with Crippen molar-refractivity contribution in [3.63, 3.8) is 0 Å². The molecule has 2 N–H and O–H groups in total. The van der Waals surface area contributed by atoms with Gasteiger partial charge in [-0.3, -0.25) is 4.68 Å². The Balaban J connectivity index is 2.09. The number of halogens is 1. The van der Waals surface area contributed by atoms with E-state index in [2.05, 4.69) is 26.0 Å². The van der Waals surface area contributed by atoms with E-state index >= 15 is 0 Å². The number of nitrogen functional groups attached to an aromatic ring is 1. The van der Waals surface area contributed by atoms with Crippen LogP contribution < -0.4 is 5.73 Å². The third-order valence-corrected chi connectivity index (χ3v) is 3.82. The first kappa shape index (κ1) is 14.5. The highest BCUT2D eigenvalue weighted by molar-refractivity contribution is 9.10. The molecule has 2 rings (SSSR count). The molecule has 6 nitrogen and oxygen atoms in total. The van der Waals surface area contributed by atoms with Gasteiger partial charge in [-0.1, -0.05) is 0 Å². The topological polar surface area (TPSA) is 83.0 Å². The molecule has 0 saturated heterocycles. The van der Waals surface area contributed by atoms with Crippen LogP contribution in [0.4, 0.5) is 5.69 Å². The van der Waals surface area contributed by atoms with Crippen molar-refractivity contribution in [2.75, 3.05) is 5.73 Å². The molecule has 0 radical (unpaired) electrons. The summed E-state index contributed by atoms with van der Waals surface area (Å²) in [6, 6.07) is 3.15. The van der Waals surface area contributed by atoms with Gasteiger partial charge in [0.15, 0.2) is 0 Å². The second kappa shape index (κ2) is 6.04. The van der Waals surface area contributed by atoms with Crippen molar-refractivity contribution in [2.24, 2.45) is 0 Å². The summed E-state index contributed by atoms with van der Waals surface area (Å²) in [5.41, 5.74) is 7.95. The zero-order chi connectivity index (χ0) is 14.7. The predicted molar refractivity (Wildman–Crippen MR) is 78.1 cm³/mol. The Hall–Kier alpha value is -1.89. The number of rotatable bonds is 4. The SMILES string of the molecule is CCn1nc(C)c(Br)c1COC(=O)c1ccc(N)cn1. The van der Waals surface area contributed by atoms with Crippen molar-refractivity contribution in [1.29, 1.82) is 0 Å². The number of hydrogen-bond acceptors (Lipinski definition) is 5. The summed E-state index contributed by atoms with van der Waals surface area (Å²) >= 11 is 3.45. The number of carbonyl (C=O) groups is 1. The molecular formula is C13H15BrN4O2. The van der Waals surface area contributed by atoms with E-state index in [0.29, 0.717) is 12.2 Å². The van der Waals surface area contributed by atoms with E-state index in [1.807, 2.05) is 13.8 Å². The van der Waals surface area contributed by atoms with Gasteiger partial charge in [-0.05, 0) is 41.9 Å². The quantitative estimate of drug-likeness (QED) is 0.865. The predicted octanol–water partition coefficient (Wildman–Crippen LogP) is 2.31. The number of esters is 1. The Labute approximate surface area is 125 Å². The maximum Gasteiger partial charge on any atom is 0.357 e. The van der Waals surface area contributed by atoms with E-state index in [9.17, 15) is 4.79 Å². The number of aryl methyl sites for hydroxylation is 2. The van der Waals surface area contributed by atoms with Gasteiger partial charge >= 0.3 is 5.97 Å². The molecule has 2 aromatic rings. The van der Waals surface area contributed by atoms with Gasteiger partial charge in [-0.15, -0.1) is 0 Å². The molecule has 106 valence electrons. The fraction of sp³-hybridized carbons (Fsp3) is 0.308. The molecule has 0 unspecified atom stereocenters. The summed E-state index contributed by atoms with van der Waals surface area (Å²) in [6.07, 6.45) is 1.42. The zero-order valence-electron chi connectivity index (χ0n) is 11.3. The molecule has 20 heavy (non-hydrogen) atoms. The lowest BCUT2D eigenvalue weighted by Gasteiger charge is -2.07. The Bertz CT molecular complexity index is 622. The summed E-state index contributed by atoms with van der Waals surface area (Å²) in [5.74, 6) is -0.488. The fourth-order valence-corrected chi connectivity index (χ4v) is 2.14. The van der Waals surface area contributed by atoms with Crippen LogP contribution in [0.25, 0.3) is 0 Å². The van der Waals surface area contributed by atoms with Gasteiger partial charge in [0.05, 0.1) is 27.7 Å². The summed E-state index contributed by atoms with van der Waals surface area (Å²) in [5, 5.41) is 4.34. The number of aromatic nitrogens is 3. The molecule has 0 aliphatic carbocycles. The summed E-state index contributed by atoms with van der Waals surface area (Å²) in [6.45, 7) is 4.72. The Morgan fingerprint density at radius 1 is 1.50 bits per heavy atom. The molecule has 0 aromatic carbocycles. The lowest BCUT2D eigenvalue weighted by molar-refractivity contribution is 0.0454. The largest absolute Gasteiger partial charge is 0.454 e. The highest BCUT2D eigenvalue weighted by Crippen LogP contribution is 2.22. The molecule has 0 aliphatic heterocycles. The number of nitrogens with two attached hydrogens (primary N) is 1. The average Bonchev–Trinajstić information content (AvgIpc) is 2.72. The molecule has 2 heterocycles. The van der Waals surface area contributed by atoms with Crippen molar-refractivity contribution >= 4 is 27.6 Å². The minimum atomic E-state index is -0.488. The van der Waals surface area contributed by atoms with Crippen LogP contribution in [0.5, 0.6) is 0 Å². The first-order valence-corrected chi connectivity index (χ1v) is 6.92. The van der Waals surface area contributed by atoms with Crippen LogP contribution in [0.2, 0.25) is 0 Å². The first-order valence-electron chi connectivity index (χ1n) is 6.13. The Kier molecular flexibility index (Phi) is 4.39. The van der Waals surface area contributed by atoms with E-state index in [-0.39, 0.29) is 12.3 Å². The number of hydrogen-bond donors (Lipinski definition) is 1. The van der Waals surface area contributed by atoms with Gasteiger partial charge in [0.2, 0.25) is 0 Å². The molecule has 0 spiro atoms. The van der Waals surface area contributed by atoms with E-state index in [1.54, 1.807) is 10.7 Å². The third-order valence-electron chi connectivity index (χ3n) is 2.79. The van der Waals surface area contributed by atoms with Crippen molar-refractivity contribution in [2.45, 2.75) is 27.0 Å². The molecule has 2 aromatic heterocycles. The van der Waals surface area contributed by atoms with E-state index in [4.69, 9.17) is 10.5 Å². The highest BCUT2D eigenvalue weighted by atomic mass is 79.9. The number of carbonyl (C=O) groups excluding carboxylic acids is 1. The van der Waals surface area contributed by atoms with Crippen LogP contribution in [0.1, 0.15) is 28.8 Å². The van der Waals surface area contributed by atoms with E-state index in [1.165, 1.54) is 12.3 Å². The summed E-state index contributed by atoms with van der Waals surface area (Å²) in [7, 11) is 0. The van der Waals surface area contributed by atoms with Gasteiger partial charge in [0.1, 0.15) is 12.3 Å². The van der Waals surface area contributed by atoms with Crippen LogP contribution in [-0.2, 0) is 17.9 Å². The summed E-state index contributed by atoms with van der Waals surface area (Å²) < 4.78 is 7.91. The minimum absolute atomic E-state index is 0.139. The Morgan fingerprint density at radius 2 is 2.25 bits per heavy atom. The molecule has 7 heteroatoms. The van der Waals surface area contributed by atoms with Gasteiger partial charge in [0, 0.05) is 6.54 Å². The number of nitrogens with zero attached hydrogens (tertiary/aromatic N) is 3. The first-order chi connectivity index (χ1) is 9.52. The second-order valence-corrected chi connectivity index (χ2v) is 5.01. The van der Waals surface area contributed by atoms with Gasteiger partial charge in [0.25, 0.3) is 0 Å². The van der Waals surface area contributed by atoms with Crippen LogP contribution in [0.15, 0.2) is 22.8 Å². The van der Waals surface area contributed by atoms with Crippen LogP contribution in [0, 0.1) is 6.92 Å². The standard InChI is InChI=1S/C13H15BrN4O2/c1-3-18-11(12(14)8(2)17-18)7-20-13(19)10-5-4-9(15)6-16-10/h4-6H,3,7,15H2,1-2H3. The zero-order valence-corrected chi connectivity index (χ0v) is 12.8. The smallest absolute Gasteiger partial charge is 0.357 e. The lowest BCUT2D eigenvalue weighted by Crippen LogP contribution is -2.11. The Morgan fingerprint density at radius 3 is 2.85 bits per heavy atom. The van der Waals surface area contributed by atoms with Crippen molar-refractivity contribution < 1.29 is 9.53 Å². The van der Waals surface area contributed by atoms with Gasteiger partial charge in [-0.2, -0.15) is 5.10 Å². The van der Waals surface area contributed by atoms with Crippen molar-refractivity contribution in [3.05, 3.63) is 39.9 Å². The number of anilines is 1. The normalized spacial score (nSPS) is 10.6. The van der Waals surface area contributed by atoms with Crippen molar-refractivity contribution in [3.8, 4) is 0 Å². The maximum absolute atomic E-state index is 11.9. The molecular weight excluding hydrogens is 324 g/mol. The van der Waals surface area contributed by atoms with E-state index < -0.39 is 5.97 Å². The van der Waals surface area contributed by atoms with Crippen LogP contribution >= 0.6 is 15.9 Å². The minimum Gasteiger partial charge on any atom is -0.454 e. The average molecular weight is 339 g/mol. The second-order valence-electron chi connectivity index (χ2n) is 4.21. The molecule has 0 aliphatic rings. The lowest BCUT2D eigenvalue weighted by atomic mass is 10.3. The molecule has 0 atom stereocenters. The maximum atomic E-state index is 11.9. The van der Waals surface area contributed by atoms with Gasteiger partial charge < -0.3 is 10.5 Å².